The Hall–Kier alpha value is -1.36. The fraction of sp³-hybridized carbons (Fsp3) is 0.250. The molecule has 1 atom stereocenters. The number of benzene rings is 2. The predicted molar refractivity (Wildman–Crippen MR) is 85.5 cm³/mol. The SMILES string of the molecule is CC(C)Oc1ccc(C(NN)c2ccccc2Br)cc1. The summed E-state index contributed by atoms with van der Waals surface area (Å²) in [5.41, 5.74) is 5.06. The Balaban J connectivity index is 2.26. The van der Waals surface area contributed by atoms with Gasteiger partial charge in [0, 0.05) is 4.47 Å². The number of nitrogens with two attached hydrogens (primary N) is 1. The summed E-state index contributed by atoms with van der Waals surface area (Å²) in [7, 11) is 0. The molecule has 0 aliphatic heterocycles. The molecule has 0 heterocycles. The molecule has 0 fully saturated rings. The van der Waals surface area contributed by atoms with E-state index in [1.54, 1.807) is 0 Å². The number of rotatable bonds is 5. The first-order valence-electron chi connectivity index (χ1n) is 6.59. The molecule has 2 aromatic carbocycles. The van der Waals surface area contributed by atoms with E-state index >= 15 is 0 Å². The van der Waals surface area contributed by atoms with Crippen molar-refractivity contribution < 1.29 is 4.74 Å². The molecule has 0 aliphatic rings. The Bertz CT molecular complexity index is 555. The van der Waals surface area contributed by atoms with Crippen molar-refractivity contribution in [3.05, 3.63) is 64.1 Å². The van der Waals surface area contributed by atoms with Gasteiger partial charge in [-0.3, -0.25) is 5.84 Å². The summed E-state index contributed by atoms with van der Waals surface area (Å²) >= 11 is 3.56. The highest BCUT2D eigenvalue weighted by Crippen LogP contribution is 2.29. The van der Waals surface area contributed by atoms with Crippen molar-refractivity contribution in [3.8, 4) is 5.75 Å². The number of ether oxygens (including phenoxy) is 1. The van der Waals surface area contributed by atoms with Crippen molar-refractivity contribution in [2.24, 2.45) is 5.84 Å². The van der Waals surface area contributed by atoms with Crippen molar-refractivity contribution in [1.29, 1.82) is 0 Å². The average molecular weight is 335 g/mol. The molecule has 0 spiro atoms. The summed E-state index contributed by atoms with van der Waals surface area (Å²) in [6.45, 7) is 4.03. The minimum Gasteiger partial charge on any atom is -0.491 e. The Kier molecular flexibility index (Phi) is 5.17. The summed E-state index contributed by atoms with van der Waals surface area (Å²) in [5, 5.41) is 0. The Morgan fingerprint density at radius 1 is 1.05 bits per heavy atom. The summed E-state index contributed by atoms with van der Waals surface area (Å²) < 4.78 is 6.68. The van der Waals surface area contributed by atoms with Crippen LogP contribution in [0.25, 0.3) is 0 Å². The highest BCUT2D eigenvalue weighted by molar-refractivity contribution is 9.10. The fourth-order valence-corrected chi connectivity index (χ4v) is 2.60. The molecular weight excluding hydrogens is 316 g/mol. The number of hydrazine groups is 1. The molecule has 3 nitrogen and oxygen atoms in total. The van der Waals surface area contributed by atoms with Gasteiger partial charge in [-0.25, -0.2) is 5.43 Å². The number of hydrogen-bond acceptors (Lipinski definition) is 3. The predicted octanol–water partition coefficient (Wildman–Crippen LogP) is 3.79. The molecule has 3 N–H and O–H groups in total. The van der Waals surface area contributed by atoms with Gasteiger partial charge in [-0.15, -0.1) is 0 Å². The standard InChI is InChI=1S/C16H19BrN2O/c1-11(2)20-13-9-7-12(8-10-13)16(19-18)14-5-3-4-6-15(14)17/h3-11,16,19H,18H2,1-2H3. The van der Waals surface area contributed by atoms with E-state index < -0.39 is 0 Å². The molecule has 2 aromatic rings. The normalized spacial score (nSPS) is 12.4. The van der Waals surface area contributed by atoms with E-state index in [1.807, 2.05) is 62.4 Å². The van der Waals surface area contributed by atoms with E-state index in [9.17, 15) is 0 Å². The van der Waals surface area contributed by atoms with Gasteiger partial charge in [0.15, 0.2) is 0 Å². The van der Waals surface area contributed by atoms with Gasteiger partial charge in [0.1, 0.15) is 5.75 Å². The molecule has 2 rings (SSSR count). The van der Waals surface area contributed by atoms with Crippen LogP contribution < -0.4 is 16.0 Å². The molecule has 0 aromatic heterocycles. The van der Waals surface area contributed by atoms with Gasteiger partial charge >= 0.3 is 0 Å². The molecule has 0 aliphatic carbocycles. The maximum absolute atomic E-state index is 5.72. The quantitative estimate of drug-likeness (QED) is 0.646. The molecule has 106 valence electrons. The molecule has 0 saturated heterocycles. The van der Waals surface area contributed by atoms with E-state index in [-0.39, 0.29) is 12.1 Å². The van der Waals surface area contributed by atoms with E-state index in [1.165, 1.54) is 0 Å². The fourth-order valence-electron chi connectivity index (χ4n) is 2.09. The van der Waals surface area contributed by atoms with Crippen LogP contribution in [0.1, 0.15) is 31.0 Å². The van der Waals surface area contributed by atoms with Crippen LogP contribution in [-0.4, -0.2) is 6.10 Å². The Labute approximate surface area is 128 Å². The molecule has 1 unspecified atom stereocenters. The van der Waals surface area contributed by atoms with E-state index in [2.05, 4.69) is 21.4 Å². The van der Waals surface area contributed by atoms with Crippen molar-refractivity contribution in [3.63, 3.8) is 0 Å². The van der Waals surface area contributed by atoms with Crippen molar-refractivity contribution in [2.45, 2.75) is 26.0 Å². The van der Waals surface area contributed by atoms with Gasteiger partial charge in [-0.05, 0) is 43.2 Å². The molecular formula is C16H19BrN2O. The third-order valence-corrected chi connectivity index (χ3v) is 3.69. The molecule has 0 bridgehead atoms. The van der Waals surface area contributed by atoms with Crippen molar-refractivity contribution in [2.75, 3.05) is 0 Å². The van der Waals surface area contributed by atoms with Gasteiger partial charge in [-0.2, -0.15) is 0 Å². The summed E-state index contributed by atoms with van der Waals surface area (Å²) in [6.07, 6.45) is 0.174. The smallest absolute Gasteiger partial charge is 0.119 e. The summed E-state index contributed by atoms with van der Waals surface area (Å²) in [4.78, 5) is 0. The maximum atomic E-state index is 5.72. The van der Waals surface area contributed by atoms with Crippen LogP contribution in [-0.2, 0) is 0 Å². The van der Waals surface area contributed by atoms with E-state index in [0.717, 1.165) is 21.3 Å². The lowest BCUT2D eigenvalue weighted by Gasteiger charge is -2.19. The first-order valence-corrected chi connectivity index (χ1v) is 7.38. The zero-order valence-corrected chi connectivity index (χ0v) is 13.2. The van der Waals surface area contributed by atoms with Gasteiger partial charge in [0.2, 0.25) is 0 Å². The van der Waals surface area contributed by atoms with Gasteiger partial charge in [-0.1, -0.05) is 46.3 Å². The van der Waals surface area contributed by atoms with Crippen LogP contribution >= 0.6 is 15.9 Å². The monoisotopic (exact) mass is 334 g/mol. The van der Waals surface area contributed by atoms with Gasteiger partial charge in [0.25, 0.3) is 0 Å². The lowest BCUT2D eigenvalue weighted by Crippen LogP contribution is -2.29. The number of nitrogens with one attached hydrogen (secondary N) is 1. The van der Waals surface area contributed by atoms with Crippen molar-refractivity contribution in [1.82, 2.24) is 5.43 Å². The molecule has 4 heteroatoms. The number of halogens is 1. The minimum atomic E-state index is -0.0568. The largest absolute Gasteiger partial charge is 0.491 e. The lowest BCUT2D eigenvalue weighted by molar-refractivity contribution is 0.242. The second-order valence-electron chi connectivity index (χ2n) is 4.86. The Morgan fingerprint density at radius 2 is 1.70 bits per heavy atom. The third kappa shape index (κ3) is 3.60. The molecule has 0 amide bonds. The maximum Gasteiger partial charge on any atom is 0.119 e. The molecule has 20 heavy (non-hydrogen) atoms. The lowest BCUT2D eigenvalue weighted by atomic mass is 9.99. The molecule has 0 radical (unpaired) electrons. The summed E-state index contributed by atoms with van der Waals surface area (Å²) in [6, 6.07) is 16.0. The Morgan fingerprint density at radius 3 is 2.25 bits per heavy atom. The van der Waals surface area contributed by atoms with Crippen LogP contribution in [0.2, 0.25) is 0 Å². The van der Waals surface area contributed by atoms with E-state index in [4.69, 9.17) is 10.6 Å². The highest BCUT2D eigenvalue weighted by Gasteiger charge is 2.14. The zero-order chi connectivity index (χ0) is 14.5. The zero-order valence-electron chi connectivity index (χ0n) is 11.6. The second-order valence-corrected chi connectivity index (χ2v) is 5.71. The van der Waals surface area contributed by atoms with Gasteiger partial charge in [0.05, 0.1) is 12.1 Å². The molecule has 0 saturated carbocycles. The van der Waals surface area contributed by atoms with Crippen LogP contribution in [0.15, 0.2) is 53.0 Å². The summed E-state index contributed by atoms with van der Waals surface area (Å²) in [5.74, 6) is 6.59. The van der Waals surface area contributed by atoms with Crippen LogP contribution in [0.4, 0.5) is 0 Å². The topological polar surface area (TPSA) is 47.3 Å². The van der Waals surface area contributed by atoms with E-state index in [0.29, 0.717) is 0 Å². The first-order chi connectivity index (χ1) is 9.61. The number of hydrogen-bond donors (Lipinski definition) is 2. The average Bonchev–Trinajstić information content (AvgIpc) is 2.43. The van der Waals surface area contributed by atoms with Crippen molar-refractivity contribution >= 4 is 15.9 Å². The minimum absolute atomic E-state index is 0.0568. The second kappa shape index (κ2) is 6.88. The first kappa shape index (κ1) is 15.0. The van der Waals surface area contributed by atoms with Crippen LogP contribution in [0.5, 0.6) is 5.75 Å². The van der Waals surface area contributed by atoms with Gasteiger partial charge < -0.3 is 4.74 Å². The highest BCUT2D eigenvalue weighted by atomic mass is 79.9. The van der Waals surface area contributed by atoms with Crippen LogP contribution in [0.3, 0.4) is 0 Å². The van der Waals surface area contributed by atoms with Crippen LogP contribution in [0, 0.1) is 0 Å². The third-order valence-electron chi connectivity index (χ3n) is 2.97.